The van der Waals surface area contributed by atoms with Gasteiger partial charge in [-0.2, -0.15) is 0 Å². The summed E-state index contributed by atoms with van der Waals surface area (Å²) in [5.74, 6) is 0.0847. The Morgan fingerprint density at radius 3 is 2.18 bits per heavy atom. The zero-order valence-corrected chi connectivity index (χ0v) is 29.3. The van der Waals surface area contributed by atoms with Crippen molar-refractivity contribution in [1.82, 2.24) is 5.32 Å². The van der Waals surface area contributed by atoms with Gasteiger partial charge in [0, 0.05) is 29.4 Å². The summed E-state index contributed by atoms with van der Waals surface area (Å²) in [6.07, 6.45) is -1.10. The van der Waals surface area contributed by atoms with Crippen molar-refractivity contribution in [2.45, 2.75) is 51.4 Å². The summed E-state index contributed by atoms with van der Waals surface area (Å²) in [5, 5.41) is 8.36. The number of amides is 3. The number of hydrogen-bond acceptors (Lipinski definition) is 9. The highest BCUT2D eigenvalue weighted by Gasteiger charge is 2.34. The monoisotopic (exact) mass is 695 g/mol. The fraction of sp³-hybridized carbons (Fsp3) is 0.282. The summed E-state index contributed by atoms with van der Waals surface area (Å²) in [4.78, 5) is 52.8. The molecule has 0 radical (unpaired) electrons. The number of Topliss-reactive ketones (excluding diaryl/α,β-unsaturated/α-hetero) is 1. The molecule has 5 rings (SSSR count). The summed E-state index contributed by atoms with van der Waals surface area (Å²) in [7, 11) is 4.39. The number of rotatable bonds is 11. The predicted molar refractivity (Wildman–Crippen MR) is 191 cm³/mol. The van der Waals surface area contributed by atoms with Crippen LogP contribution in [0.5, 0.6) is 23.0 Å². The van der Waals surface area contributed by atoms with Crippen LogP contribution < -0.4 is 34.9 Å². The predicted octanol–water partition coefficient (Wildman–Crippen LogP) is 6.75. The van der Waals surface area contributed by atoms with E-state index in [4.69, 9.17) is 23.7 Å². The lowest BCUT2D eigenvalue weighted by molar-refractivity contribution is -0.118. The van der Waals surface area contributed by atoms with Gasteiger partial charge in [-0.15, -0.1) is 0 Å². The number of methoxy groups -OCH3 is 3. The van der Waals surface area contributed by atoms with E-state index in [0.717, 1.165) is 5.56 Å². The molecule has 51 heavy (non-hydrogen) atoms. The van der Waals surface area contributed by atoms with Crippen LogP contribution >= 0.6 is 0 Å². The molecule has 0 saturated carbocycles. The highest BCUT2D eigenvalue weighted by Crippen LogP contribution is 2.49. The fourth-order valence-corrected chi connectivity index (χ4v) is 5.64. The molecule has 1 heterocycles. The molecule has 4 aromatic rings. The Hall–Kier alpha value is -6.04. The SMILES string of the molecule is COc1cc2c(c(OC)c1OC)C(=O)CC(c1cccc(NC(=O)c3cccc(NC(=O)[C@H](Cc4ccccc4)NC(=O)OC(C)(C)C)c3)c1)O2. The molecule has 0 aromatic heterocycles. The van der Waals surface area contributed by atoms with Crippen LogP contribution in [-0.4, -0.2) is 56.7 Å². The third kappa shape index (κ3) is 8.96. The number of carbonyl (C=O) groups excluding carboxylic acids is 4. The van der Waals surface area contributed by atoms with Crippen LogP contribution in [0, 0.1) is 0 Å². The van der Waals surface area contributed by atoms with E-state index in [1.165, 1.54) is 21.3 Å². The third-order valence-corrected chi connectivity index (χ3v) is 7.91. The number of fused-ring (bicyclic) bond motifs is 1. The van der Waals surface area contributed by atoms with Crippen LogP contribution in [0.1, 0.15) is 65.1 Å². The maximum absolute atomic E-state index is 13.4. The molecule has 266 valence electrons. The minimum atomic E-state index is -0.951. The zero-order chi connectivity index (χ0) is 36.7. The van der Waals surface area contributed by atoms with E-state index in [1.54, 1.807) is 69.3 Å². The lowest BCUT2D eigenvalue weighted by atomic mass is 9.94. The van der Waals surface area contributed by atoms with E-state index >= 15 is 0 Å². The summed E-state index contributed by atoms with van der Waals surface area (Å²) in [6.45, 7) is 5.22. The van der Waals surface area contributed by atoms with Crippen molar-refractivity contribution in [3.63, 3.8) is 0 Å². The minimum Gasteiger partial charge on any atom is -0.493 e. The molecule has 4 aromatic carbocycles. The van der Waals surface area contributed by atoms with E-state index in [1.807, 2.05) is 36.4 Å². The Morgan fingerprint density at radius 1 is 0.824 bits per heavy atom. The summed E-state index contributed by atoms with van der Waals surface area (Å²) in [5.41, 5.74) is 2.16. The number of ether oxygens (including phenoxy) is 5. The van der Waals surface area contributed by atoms with Crippen molar-refractivity contribution < 1.29 is 42.9 Å². The van der Waals surface area contributed by atoms with E-state index in [9.17, 15) is 19.2 Å². The van der Waals surface area contributed by atoms with Gasteiger partial charge in [0.25, 0.3) is 5.91 Å². The van der Waals surface area contributed by atoms with Gasteiger partial charge in [0.05, 0.1) is 27.8 Å². The average molecular weight is 696 g/mol. The molecule has 0 fully saturated rings. The van der Waals surface area contributed by atoms with Crippen LogP contribution in [-0.2, 0) is 16.0 Å². The minimum absolute atomic E-state index is 0.0338. The number of hydrogen-bond donors (Lipinski definition) is 3. The second-order valence-electron chi connectivity index (χ2n) is 12.8. The molecule has 0 bridgehead atoms. The number of nitrogens with one attached hydrogen (secondary N) is 3. The van der Waals surface area contributed by atoms with Gasteiger partial charge < -0.3 is 39.6 Å². The standard InChI is InChI=1S/C39H41N3O9/c1-39(2,3)51-38(46)42-28(18-23-12-8-7-9-13-23)37(45)41-27-17-11-15-25(20-27)36(44)40-26-16-10-14-24(19-26)30-21-29(43)33-31(50-30)22-32(47-4)34(48-5)35(33)49-6/h7-17,19-20,22,28,30H,18,21H2,1-6H3,(H,40,44)(H,41,45)(H,42,46)/t28-,30?/m0/s1. The van der Waals surface area contributed by atoms with E-state index in [-0.39, 0.29) is 35.5 Å². The second kappa shape index (κ2) is 15.7. The van der Waals surface area contributed by atoms with E-state index in [0.29, 0.717) is 34.2 Å². The average Bonchev–Trinajstić information content (AvgIpc) is 3.10. The van der Waals surface area contributed by atoms with Crippen molar-refractivity contribution in [3.8, 4) is 23.0 Å². The van der Waals surface area contributed by atoms with Crippen molar-refractivity contribution in [1.29, 1.82) is 0 Å². The van der Waals surface area contributed by atoms with Gasteiger partial charge in [0.1, 0.15) is 29.1 Å². The Labute approximate surface area is 296 Å². The number of benzene rings is 4. The van der Waals surface area contributed by atoms with Crippen molar-refractivity contribution in [2.24, 2.45) is 0 Å². The summed E-state index contributed by atoms with van der Waals surface area (Å²) < 4.78 is 28.0. The van der Waals surface area contributed by atoms with Crippen molar-refractivity contribution in [3.05, 3.63) is 107 Å². The molecule has 2 atom stereocenters. The van der Waals surface area contributed by atoms with Crippen LogP contribution in [0.25, 0.3) is 0 Å². The first kappa shape index (κ1) is 36.2. The lowest BCUT2D eigenvalue weighted by Crippen LogP contribution is -2.47. The highest BCUT2D eigenvalue weighted by atomic mass is 16.6. The largest absolute Gasteiger partial charge is 0.493 e. The summed E-state index contributed by atoms with van der Waals surface area (Å²) >= 11 is 0. The number of anilines is 2. The molecule has 0 aliphatic carbocycles. The van der Waals surface area contributed by atoms with Crippen LogP contribution in [0.15, 0.2) is 84.9 Å². The number of alkyl carbamates (subject to hydrolysis) is 1. The first-order valence-electron chi connectivity index (χ1n) is 16.3. The van der Waals surface area contributed by atoms with Crippen LogP contribution in [0.2, 0.25) is 0 Å². The van der Waals surface area contributed by atoms with Gasteiger partial charge in [-0.25, -0.2) is 4.79 Å². The summed E-state index contributed by atoms with van der Waals surface area (Å²) in [6, 6.07) is 23.4. The quantitative estimate of drug-likeness (QED) is 0.155. The smallest absolute Gasteiger partial charge is 0.408 e. The normalized spacial score (nSPS) is 14.2. The van der Waals surface area contributed by atoms with Gasteiger partial charge in [-0.3, -0.25) is 14.4 Å². The van der Waals surface area contributed by atoms with E-state index < -0.39 is 35.7 Å². The fourth-order valence-electron chi connectivity index (χ4n) is 5.64. The molecule has 12 heteroatoms. The van der Waals surface area contributed by atoms with Crippen LogP contribution in [0.4, 0.5) is 16.2 Å². The van der Waals surface area contributed by atoms with Gasteiger partial charge in [-0.1, -0.05) is 48.5 Å². The molecular formula is C39H41N3O9. The van der Waals surface area contributed by atoms with Crippen molar-refractivity contribution in [2.75, 3.05) is 32.0 Å². The molecule has 3 N–H and O–H groups in total. The second-order valence-corrected chi connectivity index (χ2v) is 12.8. The maximum atomic E-state index is 13.4. The Morgan fingerprint density at radius 2 is 1.51 bits per heavy atom. The topological polar surface area (TPSA) is 151 Å². The molecule has 1 aliphatic heterocycles. The molecular weight excluding hydrogens is 654 g/mol. The number of carbonyl (C=O) groups is 4. The molecule has 3 amide bonds. The number of ketones is 1. The van der Waals surface area contributed by atoms with Crippen molar-refractivity contribution >= 4 is 35.1 Å². The molecule has 0 saturated heterocycles. The van der Waals surface area contributed by atoms with E-state index in [2.05, 4.69) is 16.0 Å². The Balaban J connectivity index is 1.29. The first-order valence-corrected chi connectivity index (χ1v) is 16.3. The van der Waals surface area contributed by atoms with Crippen LogP contribution in [0.3, 0.4) is 0 Å². The Bertz CT molecular complexity index is 1920. The van der Waals surface area contributed by atoms with Gasteiger partial charge in [0.2, 0.25) is 11.7 Å². The Kier molecular flexibility index (Phi) is 11.1. The van der Waals surface area contributed by atoms with Gasteiger partial charge >= 0.3 is 6.09 Å². The highest BCUT2D eigenvalue weighted by molar-refractivity contribution is 6.06. The third-order valence-electron chi connectivity index (χ3n) is 7.91. The van der Waals surface area contributed by atoms with Gasteiger partial charge in [0.15, 0.2) is 17.3 Å². The molecule has 12 nitrogen and oxygen atoms in total. The lowest BCUT2D eigenvalue weighted by Gasteiger charge is -2.28. The molecule has 0 spiro atoms. The zero-order valence-electron chi connectivity index (χ0n) is 29.3. The molecule has 1 unspecified atom stereocenters. The first-order chi connectivity index (χ1) is 24.4. The maximum Gasteiger partial charge on any atom is 0.408 e. The van der Waals surface area contributed by atoms with Gasteiger partial charge in [-0.05, 0) is 62.2 Å². The molecule has 1 aliphatic rings.